The maximum Gasteiger partial charge on any atom is 0.251 e. The molecule has 0 spiro atoms. The lowest BCUT2D eigenvalue weighted by Crippen LogP contribution is -2.20. The summed E-state index contributed by atoms with van der Waals surface area (Å²) in [5, 5.41) is 11.8. The summed E-state index contributed by atoms with van der Waals surface area (Å²) in [5.41, 5.74) is 0.414. The van der Waals surface area contributed by atoms with Crippen molar-refractivity contribution in [3.05, 3.63) is 17.5 Å². The van der Waals surface area contributed by atoms with Crippen LogP contribution in [0.3, 0.4) is 0 Å². The van der Waals surface area contributed by atoms with E-state index in [4.69, 9.17) is 4.52 Å². The van der Waals surface area contributed by atoms with Gasteiger partial charge in [0.25, 0.3) is 5.16 Å². The van der Waals surface area contributed by atoms with E-state index in [0.29, 0.717) is 17.6 Å². The number of aromatic nitrogens is 4. The Labute approximate surface area is 135 Å². The average molecular weight is 339 g/mol. The summed E-state index contributed by atoms with van der Waals surface area (Å²) in [5.74, 6) is 1.45. The molecule has 126 valence electrons. The molecule has 0 radical (unpaired) electrons. The van der Waals surface area contributed by atoms with E-state index < -0.39 is 9.84 Å². The van der Waals surface area contributed by atoms with E-state index in [1.807, 2.05) is 13.8 Å². The molecule has 0 bridgehead atoms. The molecule has 0 amide bonds. The molecule has 0 atom stereocenters. The molecular formula is C14H21N5O3S. The molecule has 1 aliphatic carbocycles. The standard InChI is InChI=1S/C14H21N5O3S/c1-9(2)19-13(18(3)4)15-16-14(19)23(20,21)8-11-7-12(22-17-11)10-5-6-10/h7,9-10H,5-6,8H2,1-4H3. The van der Waals surface area contributed by atoms with Crippen LogP contribution >= 0.6 is 0 Å². The Morgan fingerprint density at radius 3 is 2.61 bits per heavy atom. The Balaban J connectivity index is 1.92. The molecule has 2 aromatic heterocycles. The van der Waals surface area contributed by atoms with E-state index >= 15 is 0 Å². The van der Waals surface area contributed by atoms with E-state index in [0.717, 1.165) is 18.6 Å². The van der Waals surface area contributed by atoms with Crippen LogP contribution in [0.15, 0.2) is 15.7 Å². The van der Waals surface area contributed by atoms with E-state index in [1.54, 1.807) is 29.6 Å². The van der Waals surface area contributed by atoms with Gasteiger partial charge in [-0.2, -0.15) is 0 Å². The second kappa shape index (κ2) is 5.63. The van der Waals surface area contributed by atoms with Crippen LogP contribution in [0.25, 0.3) is 0 Å². The van der Waals surface area contributed by atoms with Gasteiger partial charge >= 0.3 is 0 Å². The van der Waals surface area contributed by atoms with Crippen LogP contribution < -0.4 is 4.90 Å². The third kappa shape index (κ3) is 3.10. The summed E-state index contributed by atoms with van der Waals surface area (Å²) in [4.78, 5) is 1.74. The number of hydrogen-bond donors (Lipinski definition) is 0. The van der Waals surface area contributed by atoms with Gasteiger partial charge in [0.2, 0.25) is 15.8 Å². The number of hydrogen-bond acceptors (Lipinski definition) is 7. The lowest BCUT2D eigenvalue weighted by molar-refractivity contribution is 0.379. The third-order valence-corrected chi connectivity index (χ3v) is 5.25. The SMILES string of the molecule is CC(C)n1c(N(C)C)nnc1S(=O)(=O)Cc1cc(C2CC2)on1. The zero-order valence-corrected chi connectivity index (χ0v) is 14.5. The summed E-state index contributed by atoms with van der Waals surface area (Å²) in [7, 11) is -0.0447. The lowest BCUT2D eigenvalue weighted by atomic mass is 10.3. The van der Waals surface area contributed by atoms with E-state index in [2.05, 4.69) is 15.4 Å². The van der Waals surface area contributed by atoms with Crippen molar-refractivity contribution in [1.29, 1.82) is 0 Å². The molecular weight excluding hydrogens is 318 g/mol. The largest absolute Gasteiger partial charge is 0.361 e. The predicted molar refractivity (Wildman–Crippen MR) is 84.1 cm³/mol. The molecule has 0 saturated heterocycles. The number of sulfone groups is 1. The van der Waals surface area contributed by atoms with Gasteiger partial charge in [0.05, 0.1) is 5.69 Å². The summed E-state index contributed by atoms with van der Waals surface area (Å²) in [6.07, 6.45) is 2.16. The quantitative estimate of drug-likeness (QED) is 0.791. The molecule has 23 heavy (non-hydrogen) atoms. The van der Waals surface area contributed by atoms with Crippen LogP contribution in [0.1, 0.15) is 50.1 Å². The van der Waals surface area contributed by atoms with Crippen LogP contribution in [0, 0.1) is 0 Å². The lowest BCUT2D eigenvalue weighted by Gasteiger charge is -2.17. The molecule has 0 unspecified atom stereocenters. The first-order valence-corrected chi connectivity index (χ1v) is 9.25. The van der Waals surface area contributed by atoms with E-state index in [1.165, 1.54) is 0 Å². The van der Waals surface area contributed by atoms with Crippen molar-refractivity contribution in [2.45, 2.75) is 49.6 Å². The summed E-state index contributed by atoms with van der Waals surface area (Å²) < 4.78 is 32.3. The van der Waals surface area contributed by atoms with Gasteiger partial charge in [0, 0.05) is 32.1 Å². The van der Waals surface area contributed by atoms with Crippen molar-refractivity contribution in [2.24, 2.45) is 0 Å². The Morgan fingerprint density at radius 1 is 1.35 bits per heavy atom. The molecule has 0 N–H and O–H groups in total. The van der Waals surface area contributed by atoms with Gasteiger partial charge in [-0.05, 0) is 26.7 Å². The number of rotatable bonds is 6. The maximum absolute atomic E-state index is 12.7. The summed E-state index contributed by atoms with van der Waals surface area (Å²) >= 11 is 0. The maximum atomic E-state index is 12.7. The molecule has 9 heteroatoms. The van der Waals surface area contributed by atoms with Gasteiger partial charge in [-0.25, -0.2) is 8.42 Å². The average Bonchev–Trinajstić information content (AvgIpc) is 3.01. The minimum Gasteiger partial charge on any atom is -0.361 e. The molecule has 2 aromatic rings. The van der Waals surface area contributed by atoms with Gasteiger partial charge < -0.3 is 9.42 Å². The highest BCUT2D eigenvalue weighted by molar-refractivity contribution is 7.90. The molecule has 0 aliphatic heterocycles. The monoisotopic (exact) mass is 339 g/mol. The Bertz CT molecular complexity index is 802. The highest BCUT2D eigenvalue weighted by Gasteiger charge is 2.31. The zero-order valence-electron chi connectivity index (χ0n) is 13.7. The highest BCUT2D eigenvalue weighted by atomic mass is 32.2. The molecule has 2 heterocycles. The van der Waals surface area contributed by atoms with Crippen molar-refractivity contribution in [1.82, 2.24) is 19.9 Å². The minimum absolute atomic E-state index is 0.0350. The zero-order chi connectivity index (χ0) is 16.8. The minimum atomic E-state index is -3.65. The smallest absolute Gasteiger partial charge is 0.251 e. The Hall–Kier alpha value is -1.90. The van der Waals surface area contributed by atoms with Crippen LogP contribution in [0.2, 0.25) is 0 Å². The second-order valence-electron chi connectivity index (χ2n) is 6.39. The summed E-state index contributed by atoms with van der Waals surface area (Å²) in [6.45, 7) is 3.80. The second-order valence-corrected chi connectivity index (χ2v) is 8.28. The van der Waals surface area contributed by atoms with Crippen LogP contribution in [-0.2, 0) is 15.6 Å². The molecule has 3 rings (SSSR count). The number of anilines is 1. The molecule has 0 aromatic carbocycles. The molecule has 1 aliphatic rings. The highest BCUT2D eigenvalue weighted by Crippen LogP contribution is 2.40. The van der Waals surface area contributed by atoms with Gasteiger partial charge in [-0.1, -0.05) is 5.16 Å². The van der Waals surface area contributed by atoms with Gasteiger partial charge in [0.15, 0.2) is 0 Å². The van der Waals surface area contributed by atoms with Crippen LogP contribution in [0.5, 0.6) is 0 Å². The molecule has 1 saturated carbocycles. The fourth-order valence-corrected chi connectivity index (χ4v) is 3.87. The Kier molecular flexibility index (Phi) is 3.91. The fourth-order valence-electron chi connectivity index (χ4n) is 2.45. The van der Waals surface area contributed by atoms with Crippen LogP contribution in [0.4, 0.5) is 5.95 Å². The van der Waals surface area contributed by atoms with Crippen molar-refractivity contribution in [3.63, 3.8) is 0 Å². The predicted octanol–water partition coefficient (Wildman–Crippen LogP) is 1.76. The van der Waals surface area contributed by atoms with Crippen LogP contribution in [-0.4, -0.2) is 42.4 Å². The van der Waals surface area contributed by atoms with Crippen molar-refractivity contribution < 1.29 is 12.9 Å². The van der Waals surface area contributed by atoms with E-state index in [-0.39, 0.29) is 17.0 Å². The van der Waals surface area contributed by atoms with Gasteiger partial charge in [-0.15, -0.1) is 10.2 Å². The molecule has 1 fully saturated rings. The molecule has 8 nitrogen and oxygen atoms in total. The van der Waals surface area contributed by atoms with E-state index in [9.17, 15) is 8.42 Å². The first-order valence-electron chi connectivity index (χ1n) is 7.60. The van der Waals surface area contributed by atoms with Gasteiger partial charge in [-0.3, -0.25) is 4.57 Å². The Morgan fingerprint density at radius 2 is 2.04 bits per heavy atom. The first-order chi connectivity index (χ1) is 10.8. The van der Waals surface area contributed by atoms with Gasteiger partial charge in [0.1, 0.15) is 11.5 Å². The normalized spacial score (nSPS) is 15.3. The van der Waals surface area contributed by atoms with Crippen molar-refractivity contribution in [2.75, 3.05) is 19.0 Å². The number of nitrogens with zero attached hydrogens (tertiary/aromatic N) is 5. The van der Waals surface area contributed by atoms with Crippen molar-refractivity contribution in [3.8, 4) is 0 Å². The third-order valence-electron chi connectivity index (χ3n) is 3.74. The van der Waals surface area contributed by atoms with Crippen molar-refractivity contribution >= 4 is 15.8 Å². The summed E-state index contributed by atoms with van der Waals surface area (Å²) in [6, 6.07) is 1.66. The topological polar surface area (TPSA) is 94.1 Å². The fraction of sp³-hybridized carbons (Fsp3) is 0.643. The first kappa shape index (κ1) is 16.0.